The van der Waals surface area contributed by atoms with Crippen molar-refractivity contribution in [2.75, 3.05) is 0 Å². The van der Waals surface area contributed by atoms with E-state index in [2.05, 4.69) is 46.8 Å². The topological polar surface area (TPSA) is 0 Å². The van der Waals surface area contributed by atoms with E-state index in [0.29, 0.717) is 0 Å². The fraction of sp³-hybridized carbons (Fsp3) is 0.571. The molecule has 0 atom stereocenters. The SMILES string of the molecule is Cc1ccc(C)c(CCC(C)C)c1C. The van der Waals surface area contributed by atoms with Gasteiger partial charge >= 0.3 is 0 Å². The van der Waals surface area contributed by atoms with Gasteiger partial charge in [-0.2, -0.15) is 0 Å². The van der Waals surface area contributed by atoms with Gasteiger partial charge in [-0.05, 0) is 61.8 Å². The Morgan fingerprint density at radius 2 is 1.57 bits per heavy atom. The maximum atomic E-state index is 2.29. The summed E-state index contributed by atoms with van der Waals surface area (Å²) in [7, 11) is 0. The van der Waals surface area contributed by atoms with E-state index in [0.717, 1.165) is 5.92 Å². The van der Waals surface area contributed by atoms with Gasteiger partial charge < -0.3 is 0 Å². The van der Waals surface area contributed by atoms with Gasteiger partial charge in [0, 0.05) is 0 Å². The minimum atomic E-state index is 0.800. The Labute approximate surface area is 88.4 Å². The molecular formula is C14H22. The van der Waals surface area contributed by atoms with E-state index in [1.165, 1.54) is 29.5 Å². The second kappa shape index (κ2) is 4.63. The summed E-state index contributed by atoms with van der Waals surface area (Å²) in [6.07, 6.45) is 2.53. The van der Waals surface area contributed by atoms with E-state index in [1.54, 1.807) is 5.56 Å². The zero-order valence-electron chi connectivity index (χ0n) is 10.1. The molecule has 0 amide bonds. The molecule has 1 aromatic rings. The van der Waals surface area contributed by atoms with Crippen LogP contribution < -0.4 is 0 Å². The summed E-state index contributed by atoms with van der Waals surface area (Å²) in [6.45, 7) is 11.3. The van der Waals surface area contributed by atoms with Crippen LogP contribution >= 0.6 is 0 Å². The molecule has 0 nitrogen and oxygen atoms in total. The van der Waals surface area contributed by atoms with Crippen LogP contribution in [0.3, 0.4) is 0 Å². The van der Waals surface area contributed by atoms with Gasteiger partial charge in [0.25, 0.3) is 0 Å². The minimum absolute atomic E-state index is 0.800. The molecule has 1 rings (SSSR count). The Bertz CT molecular complexity index is 308. The zero-order valence-corrected chi connectivity index (χ0v) is 10.1. The van der Waals surface area contributed by atoms with Crippen LogP contribution in [0, 0.1) is 26.7 Å². The Hall–Kier alpha value is -0.780. The molecule has 0 unspecified atom stereocenters. The van der Waals surface area contributed by atoms with Crippen molar-refractivity contribution in [3.63, 3.8) is 0 Å². The van der Waals surface area contributed by atoms with E-state index in [-0.39, 0.29) is 0 Å². The molecule has 0 heteroatoms. The van der Waals surface area contributed by atoms with Crippen LogP contribution in [0.4, 0.5) is 0 Å². The zero-order chi connectivity index (χ0) is 10.7. The minimum Gasteiger partial charge on any atom is -0.0628 e. The van der Waals surface area contributed by atoms with Gasteiger partial charge in [0.05, 0.1) is 0 Å². The average molecular weight is 190 g/mol. The van der Waals surface area contributed by atoms with Gasteiger partial charge in [0.15, 0.2) is 0 Å². The molecule has 78 valence electrons. The molecule has 0 N–H and O–H groups in total. The predicted molar refractivity (Wildman–Crippen MR) is 63.8 cm³/mol. The Morgan fingerprint density at radius 3 is 2.14 bits per heavy atom. The highest BCUT2D eigenvalue weighted by Gasteiger charge is 2.05. The second-order valence-corrected chi connectivity index (χ2v) is 4.74. The van der Waals surface area contributed by atoms with E-state index >= 15 is 0 Å². The van der Waals surface area contributed by atoms with Crippen LogP contribution in [0.25, 0.3) is 0 Å². The molecule has 1 aromatic carbocycles. The maximum Gasteiger partial charge on any atom is -0.0271 e. The summed E-state index contributed by atoms with van der Waals surface area (Å²) in [5.74, 6) is 0.800. The molecule has 0 aliphatic heterocycles. The fourth-order valence-corrected chi connectivity index (χ4v) is 1.83. The summed E-state index contributed by atoms with van der Waals surface area (Å²) in [5.41, 5.74) is 5.94. The van der Waals surface area contributed by atoms with Crippen LogP contribution in [0.2, 0.25) is 0 Å². The van der Waals surface area contributed by atoms with Crippen molar-refractivity contribution in [3.8, 4) is 0 Å². The van der Waals surface area contributed by atoms with Crippen LogP contribution in [-0.4, -0.2) is 0 Å². The largest absolute Gasteiger partial charge is 0.0628 e. The molecule has 0 radical (unpaired) electrons. The molecule has 0 fully saturated rings. The van der Waals surface area contributed by atoms with Crippen LogP contribution in [0.15, 0.2) is 12.1 Å². The van der Waals surface area contributed by atoms with Crippen LogP contribution in [-0.2, 0) is 6.42 Å². The number of benzene rings is 1. The van der Waals surface area contributed by atoms with Crippen molar-refractivity contribution in [1.29, 1.82) is 0 Å². The van der Waals surface area contributed by atoms with Gasteiger partial charge in [-0.3, -0.25) is 0 Å². The highest BCUT2D eigenvalue weighted by atomic mass is 14.1. The van der Waals surface area contributed by atoms with E-state index < -0.39 is 0 Å². The Morgan fingerprint density at radius 1 is 1.00 bits per heavy atom. The lowest BCUT2D eigenvalue weighted by Crippen LogP contribution is -1.99. The quantitative estimate of drug-likeness (QED) is 0.670. The third-order valence-corrected chi connectivity index (χ3v) is 3.08. The normalized spacial score (nSPS) is 11.0. The van der Waals surface area contributed by atoms with Crippen molar-refractivity contribution in [2.45, 2.75) is 47.5 Å². The maximum absolute atomic E-state index is 2.29. The molecule has 0 saturated heterocycles. The van der Waals surface area contributed by atoms with E-state index in [9.17, 15) is 0 Å². The highest BCUT2D eigenvalue weighted by Crippen LogP contribution is 2.20. The van der Waals surface area contributed by atoms with Gasteiger partial charge in [-0.25, -0.2) is 0 Å². The van der Waals surface area contributed by atoms with Crippen molar-refractivity contribution in [3.05, 3.63) is 34.4 Å². The molecule has 14 heavy (non-hydrogen) atoms. The summed E-state index contributed by atoms with van der Waals surface area (Å²) < 4.78 is 0. The monoisotopic (exact) mass is 190 g/mol. The van der Waals surface area contributed by atoms with E-state index in [4.69, 9.17) is 0 Å². The summed E-state index contributed by atoms with van der Waals surface area (Å²) in [5, 5.41) is 0. The summed E-state index contributed by atoms with van der Waals surface area (Å²) in [4.78, 5) is 0. The van der Waals surface area contributed by atoms with Crippen molar-refractivity contribution in [2.24, 2.45) is 5.92 Å². The number of hydrogen-bond acceptors (Lipinski definition) is 0. The lowest BCUT2D eigenvalue weighted by molar-refractivity contribution is 0.584. The number of rotatable bonds is 3. The van der Waals surface area contributed by atoms with Crippen molar-refractivity contribution < 1.29 is 0 Å². The highest BCUT2D eigenvalue weighted by molar-refractivity contribution is 5.39. The van der Waals surface area contributed by atoms with Crippen LogP contribution in [0.1, 0.15) is 42.5 Å². The third kappa shape index (κ3) is 2.60. The smallest absolute Gasteiger partial charge is 0.0271 e. The molecule has 0 heterocycles. The Kier molecular flexibility index (Phi) is 3.74. The second-order valence-electron chi connectivity index (χ2n) is 4.74. The molecule has 0 saturated carbocycles. The first-order valence-electron chi connectivity index (χ1n) is 5.58. The number of hydrogen-bond donors (Lipinski definition) is 0. The first kappa shape index (κ1) is 11.3. The van der Waals surface area contributed by atoms with Crippen molar-refractivity contribution >= 4 is 0 Å². The standard InChI is InChI=1S/C14H22/c1-10(2)6-9-14-12(4)8-7-11(3)13(14)5/h7-8,10H,6,9H2,1-5H3. The average Bonchev–Trinajstić information content (AvgIpc) is 2.11. The third-order valence-electron chi connectivity index (χ3n) is 3.08. The number of aryl methyl sites for hydroxylation is 2. The van der Waals surface area contributed by atoms with Gasteiger partial charge in [-0.15, -0.1) is 0 Å². The molecular weight excluding hydrogens is 168 g/mol. The van der Waals surface area contributed by atoms with E-state index in [1.807, 2.05) is 0 Å². The molecule has 0 spiro atoms. The fourth-order valence-electron chi connectivity index (χ4n) is 1.83. The first-order chi connectivity index (χ1) is 6.52. The molecule has 0 aliphatic carbocycles. The molecule has 0 aliphatic rings. The molecule has 0 bridgehead atoms. The first-order valence-corrected chi connectivity index (χ1v) is 5.58. The lowest BCUT2D eigenvalue weighted by atomic mass is 9.93. The summed E-state index contributed by atoms with van der Waals surface area (Å²) in [6, 6.07) is 4.47. The van der Waals surface area contributed by atoms with Gasteiger partial charge in [-0.1, -0.05) is 26.0 Å². The van der Waals surface area contributed by atoms with Crippen LogP contribution in [0.5, 0.6) is 0 Å². The predicted octanol–water partition coefficient (Wildman–Crippen LogP) is 4.20. The summed E-state index contributed by atoms with van der Waals surface area (Å²) >= 11 is 0. The molecule has 0 aromatic heterocycles. The lowest BCUT2D eigenvalue weighted by Gasteiger charge is -2.13. The van der Waals surface area contributed by atoms with Crippen molar-refractivity contribution in [1.82, 2.24) is 0 Å². The van der Waals surface area contributed by atoms with Gasteiger partial charge in [0.1, 0.15) is 0 Å². The van der Waals surface area contributed by atoms with Gasteiger partial charge in [0.2, 0.25) is 0 Å². The Balaban J connectivity index is 2.89.